The number of hydrogen-bond donors (Lipinski definition) is 1. The summed E-state index contributed by atoms with van der Waals surface area (Å²) in [5.41, 5.74) is 2.02. The fourth-order valence-corrected chi connectivity index (χ4v) is 1.59. The molecule has 1 aromatic carbocycles. The second-order valence-corrected chi connectivity index (χ2v) is 3.52. The van der Waals surface area contributed by atoms with Gasteiger partial charge in [0.1, 0.15) is 5.82 Å². The average Bonchev–Trinajstić information content (AvgIpc) is 2.16. The van der Waals surface area contributed by atoms with E-state index in [1.54, 1.807) is 0 Å². The topological polar surface area (TPSA) is 42.0 Å². The zero-order valence-corrected chi connectivity index (χ0v) is 8.74. The number of anilines is 1. The van der Waals surface area contributed by atoms with Crippen molar-refractivity contribution in [2.45, 2.75) is 13.8 Å². The maximum atomic E-state index is 10.9. The molecule has 1 aromatic heterocycles. The molecule has 76 valence electrons. The van der Waals surface area contributed by atoms with Gasteiger partial charge in [0.15, 0.2) is 0 Å². The summed E-state index contributed by atoms with van der Waals surface area (Å²) in [5.74, 6) is 0.510. The van der Waals surface area contributed by atoms with E-state index in [0.29, 0.717) is 5.82 Å². The molecule has 15 heavy (non-hydrogen) atoms. The van der Waals surface area contributed by atoms with E-state index < -0.39 is 0 Å². The first-order chi connectivity index (χ1) is 7.16. The Balaban J connectivity index is 2.57. The number of aryl methyl sites for hydroxylation is 1. The minimum Gasteiger partial charge on any atom is -0.311 e. The quantitative estimate of drug-likeness (QED) is 0.768. The maximum Gasteiger partial charge on any atom is 0.222 e. The summed E-state index contributed by atoms with van der Waals surface area (Å²) in [6, 6.07) is 9.76. The average molecular weight is 200 g/mol. The molecule has 0 bridgehead atoms. The van der Waals surface area contributed by atoms with Crippen molar-refractivity contribution < 1.29 is 4.79 Å². The maximum absolute atomic E-state index is 10.9. The van der Waals surface area contributed by atoms with Crippen LogP contribution >= 0.6 is 0 Å². The van der Waals surface area contributed by atoms with Crippen LogP contribution in [0.5, 0.6) is 0 Å². The normalized spacial score (nSPS) is 10.3. The molecule has 1 N–H and O–H groups in total. The Labute approximate surface area is 88.1 Å². The molecule has 0 aliphatic carbocycles. The second kappa shape index (κ2) is 3.69. The number of nitrogens with one attached hydrogen (secondary N) is 1. The Morgan fingerprint density at radius 3 is 2.80 bits per heavy atom. The van der Waals surface area contributed by atoms with Crippen LogP contribution in [0, 0.1) is 6.92 Å². The molecular weight excluding hydrogens is 188 g/mol. The Hall–Kier alpha value is -1.90. The summed E-state index contributed by atoms with van der Waals surface area (Å²) in [6.45, 7) is 3.49. The van der Waals surface area contributed by atoms with Gasteiger partial charge in [-0.3, -0.25) is 4.79 Å². The molecule has 1 heterocycles. The number of hydrogen-bond acceptors (Lipinski definition) is 2. The Kier molecular flexibility index (Phi) is 2.37. The number of pyridine rings is 1. The van der Waals surface area contributed by atoms with Gasteiger partial charge in [-0.05, 0) is 24.6 Å². The fourth-order valence-electron chi connectivity index (χ4n) is 1.59. The predicted molar refractivity (Wildman–Crippen MR) is 60.8 cm³/mol. The third-order valence-electron chi connectivity index (χ3n) is 2.23. The molecule has 0 spiro atoms. The molecule has 0 fully saturated rings. The van der Waals surface area contributed by atoms with Crippen molar-refractivity contribution in [3.05, 3.63) is 35.9 Å². The van der Waals surface area contributed by atoms with Crippen molar-refractivity contribution in [3.8, 4) is 0 Å². The van der Waals surface area contributed by atoms with Crippen LogP contribution < -0.4 is 5.32 Å². The van der Waals surface area contributed by atoms with E-state index in [0.717, 1.165) is 16.5 Å². The summed E-state index contributed by atoms with van der Waals surface area (Å²) in [7, 11) is 0. The fraction of sp³-hybridized carbons (Fsp3) is 0.167. The standard InChI is InChI=1S/C12H12N2O/c1-8-7-12(13-9(2)15)14-11-6-4-3-5-10(8)11/h3-7H,1-2H3,(H,13,14,15). The van der Waals surface area contributed by atoms with Gasteiger partial charge in [-0.2, -0.15) is 0 Å². The summed E-state index contributed by atoms with van der Waals surface area (Å²) < 4.78 is 0. The molecule has 3 nitrogen and oxygen atoms in total. The van der Waals surface area contributed by atoms with E-state index in [4.69, 9.17) is 0 Å². The van der Waals surface area contributed by atoms with Crippen molar-refractivity contribution in [3.63, 3.8) is 0 Å². The number of benzene rings is 1. The van der Waals surface area contributed by atoms with Crippen molar-refractivity contribution in [1.29, 1.82) is 0 Å². The highest BCUT2D eigenvalue weighted by atomic mass is 16.1. The second-order valence-electron chi connectivity index (χ2n) is 3.52. The van der Waals surface area contributed by atoms with Crippen LogP contribution in [-0.2, 0) is 4.79 Å². The van der Waals surface area contributed by atoms with Gasteiger partial charge in [-0.1, -0.05) is 18.2 Å². The molecule has 0 atom stereocenters. The lowest BCUT2D eigenvalue weighted by Gasteiger charge is -2.05. The first-order valence-electron chi connectivity index (χ1n) is 4.81. The minimum atomic E-state index is -0.0998. The van der Waals surface area contributed by atoms with Crippen molar-refractivity contribution in [2.24, 2.45) is 0 Å². The van der Waals surface area contributed by atoms with Gasteiger partial charge in [-0.25, -0.2) is 4.98 Å². The van der Waals surface area contributed by atoms with Crippen LogP contribution in [0.2, 0.25) is 0 Å². The van der Waals surface area contributed by atoms with Gasteiger partial charge < -0.3 is 5.32 Å². The Morgan fingerprint density at radius 2 is 2.07 bits per heavy atom. The SMILES string of the molecule is CC(=O)Nc1cc(C)c2ccccc2n1. The van der Waals surface area contributed by atoms with Crippen LogP contribution in [0.1, 0.15) is 12.5 Å². The van der Waals surface area contributed by atoms with Gasteiger partial charge in [0.25, 0.3) is 0 Å². The van der Waals surface area contributed by atoms with Crippen LogP contribution in [0.25, 0.3) is 10.9 Å². The van der Waals surface area contributed by atoms with Gasteiger partial charge in [-0.15, -0.1) is 0 Å². The van der Waals surface area contributed by atoms with E-state index in [-0.39, 0.29) is 5.91 Å². The lowest BCUT2D eigenvalue weighted by atomic mass is 10.1. The first kappa shape index (κ1) is 9.65. The highest BCUT2D eigenvalue weighted by molar-refractivity contribution is 5.90. The largest absolute Gasteiger partial charge is 0.311 e. The summed E-state index contributed by atoms with van der Waals surface area (Å²) >= 11 is 0. The number of carbonyl (C=O) groups excluding carboxylic acids is 1. The highest BCUT2D eigenvalue weighted by Crippen LogP contribution is 2.19. The van der Waals surface area contributed by atoms with E-state index in [1.807, 2.05) is 37.3 Å². The molecule has 1 amide bonds. The first-order valence-corrected chi connectivity index (χ1v) is 4.81. The summed E-state index contributed by atoms with van der Waals surface area (Å²) in [6.07, 6.45) is 0. The summed E-state index contributed by atoms with van der Waals surface area (Å²) in [4.78, 5) is 15.3. The molecule has 0 saturated carbocycles. The smallest absolute Gasteiger partial charge is 0.222 e. The lowest BCUT2D eigenvalue weighted by molar-refractivity contribution is -0.114. The molecule has 0 saturated heterocycles. The van der Waals surface area contributed by atoms with Crippen LogP contribution in [0.4, 0.5) is 5.82 Å². The van der Waals surface area contributed by atoms with E-state index in [9.17, 15) is 4.79 Å². The number of amides is 1. The van der Waals surface area contributed by atoms with Gasteiger partial charge in [0.2, 0.25) is 5.91 Å². The Bertz CT molecular complexity index is 520. The molecule has 2 aromatic rings. The predicted octanol–water partition coefficient (Wildman–Crippen LogP) is 2.50. The number of fused-ring (bicyclic) bond motifs is 1. The zero-order chi connectivity index (χ0) is 10.8. The number of aromatic nitrogens is 1. The Morgan fingerprint density at radius 1 is 1.33 bits per heavy atom. The molecule has 0 aliphatic heterocycles. The molecule has 2 rings (SSSR count). The van der Waals surface area contributed by atoms with E-state index >= 15 is 0 Å². The summed E-state index contributed by atoms with van der Waals surface area (Å²) in [5, 5.41) is 3.80. The van der Waals surface area contributed by atoms with Crippen LogP contribution in [0.15, 0.2) is 30.3 Å². The molecular formula is C12H12N2O. The van der Waals surface area contributed by atoms with Crippen molar-refractivity contribution in [2.75, 3.05) is 5.32 Å². The lowest BCUT2D eigenvalue weighted by Crippen LogP contribution is -2.07. The highest BCUT2D eigenvalue weighted by Gasteiger charge is 2.02. The third-order valence-corrected chi connectivity index (χ3v) is 2.23. The number of nitrogens with zero attached hydrogens (tertiary/aromatic N) is 1. The minimum absolute atomic E-state index is 0.0998. The third kappa shape index (κ3) is 1.96. The van der Waals surface area contributed by atoms with Gasteiger partial charge >= 0.3 is 0 Å². The van der Waals surface area contributed by atoms with Crippen LogP contribution in [0.3, 0.4) is 0 Å². The molecule has 3 heteroatoms. The van der Waals surface area contributed by atoms with Gasteiger partial charge in [0, 0.05) is 12.3 Å². The van der Waals surface area contributed by atoms with Gasteiger partial charge in [0.05, 0.1) is 5.52 Å². The molecule has 0 unspecified atom stereocenters. The zero-order valence-electron chi connectivity index (χ0n) is 8.74. The monoisotopic (exact) mass is 200 g/mol. The van der Waals surface area contributed by atoms with Crippen LogP contribution in [-0.4, -0.2) is 10.9 Å². The molecule has 0 radical (unpaired) electrons. The number of carbonyl (C=O) groups is 1. The molecule has 0 aliphatic rings. The van der Waals surface area contributed by atoms with E-state index in [1.165, 1.54) is 6.92 Å². The van der Waals surface area contributed by atoms with Crippen molar-refractivity contribution in [1.82, 2.24) is 4.98 Å². The van der Waals surface area contributed by atoms with E-state index in [2.05, 4.69) is 10.3 Å². The van der Waals surface area contributed by atoms with Crippen molar-refractivity contribution >= 4 is 22.6 Å². The number of para-hydroxylation sites is 1. The number of rotatable bonds is 1.